The maximum atomic E-state index is 9.39. The van der Waals surface area contributed by atoms with Crippen LogP contribution in [0.4, 0.5) is 0 Å². The number of aryl methyl sites for hydroxylation is 1. The van der Waals surface area contributed by atoms with Gasteiger partial charge in [0, 0.05) is 6.04 Å². The standard InChI is InChI=1S/C10H14BrNO/c1-7(12)5-6-8-3-2-4-9(13)10(8)11/h2-4,7,13H,5-6,12H2,1H3/t7-/m0/s1. The molecule has 3 heteroatoms. The molecule has 0 amide bonds. The Labute approximate surface area is 86.9 Å². The van der Waals surface area contributed by atoms with Gasteiger partial charge in [0.05, 0.1) is 4.47 Å². The molecule has 2 nitrogen and oxygen atoms in total. The molecule has 72 valence electrons. The third-order valence-corrected chi connectivity index (χ3v) is 2.84. The minimum absolute atomic E-state index is 0.203. The van der Waals surface area contributed by atoms with Crippen LogP contribution < -0.4 is 5.73 Å². The SMILES string of the molecule is C[C@H](N)CCc1cccc(O)c1Br. The molecule has 0 aromatic heterocycles. The van der Waals surface area contributed by atoms with Crippen LogP contribution in [-0.4, -0.2) is 11.1 Å². The topological polar surface area (TPSA) is 46.2 Å². The molecule has 1 atom stereocenters. The molecule has 0 aliphatic heterocycles. The summed E-state index contributed by atoms with van der Waals surface area (Å²) in [5.41, 5.74) is 6.76. The van der Waals surface area contributed by atoms with E-state index in [1.807, 2.05) is 19.1 Å². The molecule has 0 saturated heterocycles. The minimum Gasteiger partial charge on any atom is -0.507 e. The first kappa shape index (κ1) is 10.5. The maximum absolute atomic E-state index is 9.39. The van der Waals surface area contributed by atoms with Gasteiger partial charge in [0.2, 0.25) is 0 Å². The highest BCUT2D eigenvalue weighted by Crippen LogP contribution is 2.28. The van der Waals surface area contributed by atoms with E-state index in [2.05, 4.69) is 15.9 Å². The number of hydrogen-bond donors (Lipinski definition) is 2. The fraction of sp³-hybridized carbons (Fsp3) is 0.400. The van der Waals surface area contributed by atoms with Crippen molar-refractivity contribution in [3.8, 4) is 5.75 Å². The molecule has 0 aliphatic carbocycles. The van der Waals surface area contributed by atoms with Crippen molar-refractivity contribution in [1.29, 1.82) is 0 Å². The van der Waals surface area contributed by atoms with E-state index in [9.17, 15) is 5.11 Å². The van der Waals surface area contributed by atoms with E-state index in [0.29, 0.717) is 5.75 Å². The Kier molecular flexibility index (Phi) is 3.75. The molecular formula is C10H14BrNO. The first-order valence-electron chi connectivity index (χ1n) is 4.33. The van der Waals surface area contributed by atoms with E-state index in [0.717, 1.165) is 22.9 Å². The summed E-state index contributed by atoms with van der Waals surface area (Å²) < 4.78 is 0.788. The van der Waals surface area contributed by atoms with Crippen LogP contribution in [0.5, 0.6) is 5.75 Å². The summed E-state index contributed by atoms with van der Waals surface area (Å²) in [6.07, 6.45) is 1.83. The number of phenolic OH excluding ortho intramolecular Hbond substituents is 1. The van der Waals surface area contributed by atoms with E-state index in [1.54, 1.807) is 6.07 Å². The monoisotopic (exact) mass is 243 g/mol. The fourth-order valence-electron chi connectivity index (χ4n) is 1.14. The highest BCUT2D eigenvalue weighted by molar-refractivity contribution is 9.10. The Balaban J connectivity index is 2.71. The molecule has 1 rings (SSSR count). The number of halogens is 1. The molecule has 0 aliphatic rings. The summed E-state index contributed by atoms with van der Waals surface area (Å²) in [5, 5.41) is 9.39. The summed E-state index contributed by atoms with van der Waals surface area (Å²) in [5.74, 6) is 0.294. The lowest BCUT2D eigenvalue weighted by molar-refractivity contribution is 0.470. The van der Waals surface area contributed by atoms with Gasteiger partial charge in [0.25, 0.3) is 0 Å². The lowest BCUT2D eigenvalue weighted by Gasteiger charge is -2.07. The molecule has 0 spiro atoms. The van der Waals surface area contributed by atoms with Crippen LogP contribution in [0.3, 0.4) is 0 Å². The summed E-state index contributed by atoms with van der Waals surface area (Å²) in [6, 6.07) is 5.71. The van der Waals surface area contributed by atoms with Gasteiger partial charge in [-0.25, -0.2) is 0 Å². The lowest BCUT2D eigenvalue weighted by atomic mass is 10.1. The third-order valence-electron chi connectivity index (χ3n) is 1.93. The Bertz CT molecular complexity index is 286. The number of phenols is 1. The number of nitrogens with two attached hydrogens (primary N) is 1. The lowest BCUT2D eigenvalue weighted by Crippen LogP contribution is -2.15. The van der Waals surface area contributed by atoms with Crippen LogP contribution in [0.2, 0.25) is 0 Å². The van der Waals surface area contributed by atoms with E-state index in [1.165, 1.54) is 0 Å². The number of rotatable bonds is 3. The Morgan fingerprint density at radius 1 is 1.54 bits per heavy atom. The van der Waals surface area contributed by atoms with Crippen LogP contribution in [0.1, 0.15) is 18.9 Å². The van der Waals surface area contributed by atoms with Gasteiger partial charge in [-0.1, -0.05) is 12.1 Å². The zero-order chi connectivity index (χ0) is 9.84. The van der Waals surface area contributed by atoms with Crippen molar-refractivity contribution in [2.75, 3.05) is 0 Å². The van der Waals surface area contributed by atoms with Crippen molar-refractivity contribution >= 4 is 15.9 Å². The van der Waals surface area contributed by atoms with Gasteiger partial charge < -0.3 is 10.8 Å². The highest BCUT2D eigenvalue weighted by Gasteiger charge is 2.04. The Morgan fingerprint density at radius 3 is 2.85 bits per heavy atom. The summed E-state index contributed by atoms with van der Waals surface area (Å²) >= 11 is 3.34. The van der Waals surface area contributed by atoms with Crippen molar-refractivity contribution in [2.24, 2.45) is 5.73 Å². The molecule has 0 radical (unpaired) electrons. The van der Waals surface area contributed by atoms with Crippen LogP contribution in [0.15, 0.2) is 22.7 Å². The van der Waals surface area contributed by atoms with E-state index in [4.69, 9.17) is 5.73 Å². The molecule has 13 heavy (non-hydrogen) atoms. The van der Waals surface area contributed by atoms with Gasteiger partial charge in [-0.05, 0) is 47.3 Å². The molecular weight excluding hydrogens is 230 g/mol. The van der Waals surface area contributed by atoms with E-state index < -0.39 is 0 Å². The smallest absolute Gasteiger partial charge is 0.130 e. The number of hydrogen-bond acceptors (Lipinski definition) is 2. The van der Waals surface area contributed by atoms with Gasteiger partial charge in [-0.15, -0.1) is 0 Å². The number of aromatic hydroxyl groups is 1. The normalized spacial score (nSPS) is 12.8. The van der Waals surface area contributed by atoms with Crippen molar-refractivity contribution in [2.45, 2.75) is 25.8 Å². The van der Waals surface area contributed by atoms with Crippen molar-refractivity contribution in [3.05, 3.63) is 28.2 Å². The van der Waals surface area contributed by atoms with Crippen LogP contribution >= 0.6 is 15.9 Å². The predicted octanol–water partition coefficient (Wildman–Crippen LogP) is 2.43. The summed E-state index contributed by atoms with van der Waals surface area (Å²) in [6.45, 7) is 1.98. The average molecular weight is 244 g/mol. The van der Waals surface area contributed by atoms with Gasteiger partial charge in [-0.3, -0.25) is 0 Å². The largest absolute Gasteiger partial charge is 0.507 e. The maximum Gasteiger partial charge on any atom is 0.130 e. The first-order chi connectivity index (χ1) is 6.11. The highest BCUT2D eigenvalue weighted by atomic mass is 79.9. The van der Waals surface area contributed by atoms with Gasteiger partial charge >= 0.3 is 0 Å². The second kappa shape index (κ2) is 4.63. The first-order valence-corrected chi connectivity index (χ1v) is 5.12. The number of benzene rings is 1. The molecule has 0 saturated carbocycles. The Morgan fingerprint density at radius 2 is 2.23 bits per heavy atom. The quantitative estimate of drug-likeness (QED) is 0.857. The molecule has 1 aromatic carbocycles. The molecule has 3 N–H and O–H groups in total. The van der Waals surface area contributed by atoms with Crippen LogP contribution in [0, 0.1) is 0 Å². The van der Waals surface area contributed by atoms with E-state index in [-0.39, 0.29) is 6.04 Å². The molecule has 0 unspecified atom stereocenters. The fourth-order valence-corrected chi connectivity index (χ4v) is 1.61. The van der Waals surface area contributed by atoms with Crippen molar-refractivity contribution in [1.82, 2.24) is 0 Å². The van der Waals surface area contributed by atoms with Gasteiger partial charge in [0.15, 0.2) is 0 Å². The van der Waals surface area contributed by atoms with Gasteiger partial charge in [0.1, 0.15) is 5.75 Å². The second-order valence-electron chi connectivity index (χ2n) is 3.27. The van der Waals surface area contributed by atoms with Gasteiger partial charge in [-0.2, -0.15) is 0 Å². The Hall–Kier alpha value is -0.540. The zero-order valence-corrected chi connectivity index (χ0v) is 9.21. The van der Waals surface area contributed by atoms with Crippen molar-refractivity contribution in [3.63, 3.8) is 0 Å². The molecule has 0 bridgehead atoms. The van der Waals surface area contributed by atoms with Crippen LogP contribution in [0.25, 0.3) is 0 Å². The molecule has 0 heterocycles. The van der Waals surface area contributed by atoms with Crippen molar-refractivity contribution < 1.29 is 5.11 Å². The van der Waals surface area contributed by atoms with Crippen LogP contribution in [-0.2, 0) is 6.42 Å². The zero-order valence-electron chi connectivity index (χ0n) is 7.63. The third kappa shape index (κ3) is 3.01. The minimum atomic E-state index is 0.203. The molecule has 0 fully saturated rings. The second-order valence-corrected chi connectivity index (χ2v) is 4.06. The predicted molar refractivity (Wildman–Crippen MR) is 57.8 cm³/mol. The van der Waals surface area contributed by atoms with E-state index >= 15 is 0 Å². The molecule has 1 aromatic rings. The summed E-state index contributed by atoms with van der Waals surface area (Å²) in [4.78, 5) is 0. The average Bonchev–Trinajstić information content (AvgIpc) is 2.07. The summed E-state index contributed by atoms with van der Waals surface area (Å²) in [7, 11) is 0.